The SMILES string of the molecule is FC(F)(F)c1ccccc1NC(=S)Nc1ccc(I)cc1. The van der Waals surface area contributed by atoms with E-state index in [4.69, 9.17) is 12.2 Å². The van der Waals surface area contributed by atoms with E-state index >= 15 is 0 Å². The number of hydrogen-bond acceptors (Lipinski definition) is 1. The zero-order valence-corrected chi connectivity index (χ0v) is 13.5. The first-order valence-corrected chi connectivity index (χ1v) is 7.35. The fourth-order valence-electron chi connectivity index (χ4n) is 1.66. The minimum atomic E-state index is -4.43. The normalized spacial score (nSPS) is 11.0. The van der Waals surface area contributed by atoms with Crippen molar-refractivity contribution in [2.45, 2.75) is 6.18 Å². The standard InChI is InChI=1S/C14H10F3IN2S/c15-14(16,17)11-3-1-2-4-12(11)20-13(21)19-10-7-5-9(18)6-8-10/h1-8H,(H2,19,20,21). The van der Waals surface area contributed by atoms with Crippen LogP contribution < -0.4 is 10.6 Å². The Hall–Kier alpha value is -1.35. The number of rotatable bonds is 2. The highest BCUT2D eigenvalue weighted by Gasteiger charge is 2.33. The fourth-order valence-corrected chi connectivity index (χ4v) is 2.24. The van der Waals surface area contributed by atoms with Gasteiger partial charge in [-0.15, -0.1) is 0 Å². The molecule has 2 nitrogen and oxygen atoms in total. The molecule has 2 aromatic rings. The van der Waals surface area contributed by atoms with Gasteiger partial charge in [-0.3, -0.25) is 0 Å². The number of benzene rings is 2. The average Bonchev–Trinajstić information content (AvgIpc) is 2.41. The maximum atomic E-state index is 12.9. The molecule has 0 spiro atoms. The lowest BCUT2D eigenvalue weighted by Crippen LogP contribution is -2.21. The third-order valence-electron chi connectivity index (χ3n) is 2.58. The van der Waals surface area contributed by atoms with Crippen LogP contribution >= 0.6 is 34.8 Å². The molecule has 0 aliphatic rings. The fraction of sp³-hybridized carbons (Fsp3) is 0.0714. The van der Waals surface area contributed by atoms with Crippen molar-refractivity contribution in [3.05, 3.63) is 57.7 Å². The summed E-state index contributed by atoms with van der Waals surface area (Å²) >= 11 is 7.20. The molecule has 2 aromatic carbocycles. The van der Waals surface area contributed by atoms with Crippen LogP contribution in [0.5, 0.6) is 0 Å². The Morgan fingerprint density at radius 2 is 1.57 bits per heavy atom. The van der Waals surface area contributed by atoms with Crippen LogP contribution in [0, 0.1) is 3.57 Å². The topological polar surface area (TPSA) is 24.1 Å². The molecule has 7 heteroatoms. The molecule has 0 amide bonds. The molecule has 0 unspecified atom stereocenters. The largest absolute Gasteiger partial charge is 0.418 e. The zero-order chi connectivity index (χ0) is 15.5. The van der Waals surface area contributed by atoms with E-state index in [1.54, 1.807) is 12.1 Å². The Morgan fingerprint density at radius 3 is 2.19 bits per heavy atom. The van der Waals surface area contributed by atoms with Gasteiger partial charge in [-0.2, -0.15) is 13.2 Å². The highest BCUT2D eigenvalue weighted by atomic mass is 127. The summed E-state index contributed by atoms with van der Waals surface area (Å²) in [5.41, 5.74) is -0.123. The third-order valence-corrected chi connectivity index (χ3v) is 3.51. The predicted octanol–water partition coefficient (Wildman–Crippen LogP) is 5.12. The van der Waals surface area contributed by atoms with Gasteiger partial charge in [-0.1, -0.05) is 12.1 Å². The number of nitrogens with one attached hydrogen (secondary N) is 2. The molecular weight excluding hydrogens is 412 g/mol. The first kappa shape index (κ1) is 16.0. The van der Waals surface area contributed by atoms with Crippen molar-refractivity contribution in [3.63, 3.8) is 0 Å². The second kappa shape index (κ2) is 6.61. The van der Waals surface area contributed by atoms with E-state index in [-0.39, 0.29) is 10.8 Å². The number of thiocarbonyl (C=S) groups is 1. The maximum absolute atomic E-state index is 12.9. The van der Waals surface area contributed by atoms with E-state index < -0.39 is 11.7 Å². The van der Waals surface area contributed by atoms with Crippen LogP contribution in [-0.4, -0.2) is 5.11 Å². The Morgan fingerprint density at radius 1 is 0.952 bits per heavy atom. The molecule has 2 N–H and O–H groups in total. The van der Waals surface area contributed by atoms with E-state index in [9.17, 15) is 13.2 Å². The Balaban J connectivity index is 2.11. The first-order chi connectivity index (χ1) is 9.86. The summed E-state index contributed by atoms with van der Waals surface area (Å²) in [6.07, 6.45) is -4.43. The summed E-state index contributed by atoms with van der Waals surface area (Å²) in [4.78, 5) is 0. The minimum Gasteiger partial charge on any atom is -0.332 e. The molecule has 0 radical (unpaired) electrons. The van der Waals surface area contributed by atoms with Gasteiger partial charge in [0.25, 0.3) is 0 Å². The molecule has 0 aromatic heterocycles. The number of hydrogen-bond donors (Lipinski definition) is 2. The van der Waals surface area contributed by atoms with Gasteiger partial charge in [-0.05, 0) is 71.2 Å². The molecule has 0 bridgehead atoms. The Bertz CT molecular complexity index is 641. The van der Waals surface area contributed by atoms with Crippen LogP contribution in [0.2, 0.25) is 0 Å². The van der Waals surface area contributed by atoms with E-state index in [0.29, 0.717) is 5.69 Å². The summed E-state index contributed by atoms with van der Waals surface area (Å²) in [5.74, 6) is 0. The summed E-state index contributed by atoms with van der Waals surface area (Å²) < 4.78 is 39.7. The molecule has 110 valence electrons. The smallest absolute Gasteiger partial charge is 0.332 e. The van der Waals surface area contributed by atoms with Crippen molar-refractivity contribution in [1.82, 2.24) is 0 Å². The van der Waals surface area contributed by atoms with E-state index in [0.717, 1.165) is 9.64 Å². The van der Waals surface area contributed by atoms with Crippen LogP contribution in [0.15, 0.2) is 48.5 Å². The van der Waals surface area contributed by atoms with Crippen molar-refractivity contribution < 1.29 is 13.2 Å². The van der Waals surface area contributed by atoms with Crippen LogP contribution in [-0.2, 0) is 6.18 Å². The van der Waals surface area contributed by atoms with Gasteiger partial charge in [0.05, 0.1) is 11.3 Å². The average molecular weight is 422 g/mol. The quantitative estimate of drug-likeness (QED) is 0.519. The van der Waals surface area contributed by atoms with Crippen molar-refractivity contribution >= 4 is 51.3 Å². The van der Waals surface area contributed by atoms with Gasteiger partial charge in [0.15, 0.2) is 5.11 Å². The van der Waals surface area contributed by atoms with E-state index in [1.807, 2.05) is 12.1 Å². The lowest BCUT2D eigenvalue weighted by atomic mass is 10.1. The second-order valence-electron chi connectivity index (χ2n) is 4.13. The van der Waals surface area contributed by atoms with E-state index in [2.05, 4.69) is 33.2 Å². The van der Waals surface area contributed by atoms with Gasteiger partial charge in [0.1, 0.15) is 0 Å². The molecule has 0 aliphatic carbocycles. The minimum absolute atomic E-state index is 0.0759. The van der Waals surface area contributed by atoms with Crippen LogP contribution in [0.1, 0.15) is 5.56 Å². The number of para-hydroxylation sites is 1. The van der Waals surface area contributed by atoms with Crippen molar-refractivity contribution in [1.29, 1.82) is 0 Å². The molecule has 21 heavy (non-hydrogen) atoms. The number of halogens is 4. The van der Waals surface area contributed by atoms with Gasteiger partial charge < -0.3 is 10.6 Å². The maximum Gasteiger partial charge on any atom is 0.418 e. The molecule has 0 atom stereocenters. The molecule has 0 aliphatic heterocycles. The van der Waals surface area contributed by atoms with Gasteiger partial charge >= 0.3 is 6.18 Å². The molecule has 0 saturated carbocycles. The zero-order valence-electron chi connectivity index (χ0n) is 10.5. The lowest BCUT2D eigenvalue weighted by molar-refractivity contribution is -0.136. The van der Waals surface area contributed by atoms with Gasteiger partial charge in [-0.25, -0.2) is 0 Å². The monoisotopic (exact) mass is 422 g/mol. The molecule has 0 fully saturated rings. The van der Waals surface area contributed by atoms with Gasteiger partial charge in [0, 0.05) is 9.26 Å². The summed E-state index contributed by atoms with van der Waals surface area (Å²) in [5, 5.41) is 5.53. The first-order valence-electron chi connectivity index (χ1n) is 5.86. The Labute approximate surface area is 138 Å². The van der Waals surface area contributed by atoms with Crippen LogP contribution in [0.3, 0.4) is 0 Å². The van der Waals surface area contributed by atoms with Crippen molar-refractivity contribution in [2.24, 2.45) is 0 Å². The number of anilines is 2. The third kappa shape index (κ3) is 4.57. The van der Waals surface area contributed by atoms with Crippen molar-refractivity contribution in [3.8, 4) is 0 Å². The van der Waals surface area contributed by atoms with Crippen LogP contribution in [0.25, 0.3) is 0 Å². The lowest BCUT2D eigenvalue weighted by Gasteiger charge is -2.15. The summed E-state index contributed by atoms with van der Waals surface area (Å²) in [6, 6.07) is 12.5. The van der Waals surface area contributed by atoms with Crippen molar-refractivity contribution in [2.75, 3.05) is 10.6 Å². The molecule has 2 rings (SSSR count). The Kier molecular flexibility index (Phi) is 5.04. The van der Waals surface area contributed by atoms with Crippen LogP contribution in [0.4, 0.5) is 24.5 Å². The molecular formula is C14H10F3IN2S. The number of alkyl halides is 3. The highest BCUT2D eigenvalue weighted by Crippen LogP contribution is 2.34. The molecule has 0 saturated heterocycles. The second-order valence-corrected chi connectivity index (χ2v) is 5.78. The highest BCUT2D eigenvalue weighted by molar-refractivity contribution is 14.1. The summed E-state index contributed by atoms with van der Waals surface area (Å²) in [6.45, 7) is 0. The van der Waals surface area contributed by atoms with Gasteiger partial charge in [0.2, 0.25) is 0 Å². The molecule has 0 heterocycles. The predicted molar refractivity (Wildman–Crippen MR) is 90.4 cm³/mol. The van der Waals surface area contributed by atoms with E-state index in [1.165, 1.54) is 18.2 Å². The summed E-state index contributed by atoms with van der Waals surface area (Å²) in [7, 11) is 0.